The fraction of sp³-hybridized carbons (Fsp3) is 0.0909. The van der Waals surface area contributed by atoms with Crippen LogP contribution in [-0.2, 0) is 6.61 Å². The van der Waals surface area contributed by atoms with Crippen LogP contribution in [0.3, 0.4) is 0 Å². The maximum atomic E-state index is 5.74. The molecule has 0 bridgehead atoms. The molecule has 4 nitrogen and oxygen atoms in total. The number of nitrogens with zero attached hydrogens (tertiary/aromatic N) is 2. The number of benzene rings is 1. The lowest BCUT2D eigenvalue weighted by molar-refractivity contribution is 0.281. The summed E-state index contributed by atoms with van der Waals surface area (Å²) in [6.45, 7) is 0.360. The van der Waals surface area contributed by atoms with Gasteiger partial charge in [-0.15, -0.1) is 0 Å². The van der Waals surface area contributed by atoms with Gasteiger partial charge in [0.05, 0.1) is 0 Å². The molecule has 0 spiro atoms. The number of anilines is 1. The molecule has 0 aliphatic rings. The van der Waals surface area contributed by atoms with Crippen LogP contribution in [0.2, 0.25) is 5.15 Å². The summed E-state index contributed by atoms with van der Waals surface area (Å²) in [4.78, 5) is 7.83. The lowest BCUT2D eigenvalue weighted by Gasteiger charge is -2.05. The standard InChI is InChI=1S/C11H9BrClN3O/c12-8-3-1-2-7(4-8)6-17-11-15-9(13)5-10(14)16-11/h1-5H,6H2,(H2,14,15,16). The van der Waals surface area contributed by atoms with Crippen LogP contribution in [0.4, 0.5) is 5.82 Å². The summed E-state index contributed by atoms with van der Waals surface area (Å²) < 4.78 is 6.39. The summed E-state index contributed by atoms with van der Waals surface area (Å²) in [5.74, 6) is 0.286. The second kappa shape index (κ2) is 5.33. The Morgan fingerprint density at radius 1 is 1.29 bits per heavy atom. The molecule has 1 aromatic carbocycles. The minimum atomic E-state index is 0.176. The second-order valence-electron chi connectivity index (χ2n) is 3.32. The maximum absolute atomic E-state index is 5.74. The van der Waals surface area contributed by atoms with Crippen molar-refractivity contribution in [3.05, 3.63) is 45.5 Å². The first-order valence-corrected chi connectivity index (χ1v) is 5.98. The van der Waals surface area contributed by atoms with Crippen LogP contribution < -0.4 is 10.5 Å². The SMILES string of the molecule is Nc1cc(Cl)nc(OCc2cccc(Br)c2)n1. The lowest BCUT2D eigenvalue weighted by atomic mass is 10.2. The quantitative estimate of drug-likeness (QED) is 0.885. The van der Waals surface area contributed by atoms with Crippen LogP contribution in [0.5, 0.6) is 6.01 Å². The van der Waals surface area contributed by atoms with Crippen molar-refractivity contribution in [3.63, 3.8) is 0 Å². The van der Waals surface area contributed by atoms with E-state index in [0.29, 0.717) is 6.61 Å². The highest BCUT2D eigenvalue weighted by atomic mass is 79.9. The van der Waals surface area contributed by atoms with Gasteiger partial charge in [-0.2, -0.15) is 9.97 Å². The van der Waals surface area contributed by atoms with Gasteiger partial charge in [0.2, 0.25) is 0 Å². The van der Waals surface area contributed by atoms with Gasteiger partial charge >= 0.3 is 6.01 Å². The number of hydrogen-bond donors (Lipinski definition) is 1. The Labute approximate surface area is 112 Å². The molecule has 17 heavy (non-hydrogen) atoms. The van der Waals surface area contributed by atoms with Crippen molar-refractivity contribution in [3.8, 4) is 6.01 Å². The monoisotopic (exact) mass is 313 g/mol. The maximum Gasteiger partial charge on any atom is 0.320 e. The number of ether oxygens (including phenoxy) is 1. The van der Waals surface area contributed by atoms with Gasteiger partial charge in [0, 0.05) is 10.5 Å². The largest absolute Gasteiger partial charge is 0.459 e. The number of aromatic nitrogens is 2. The third-order valence-corrected chi connectivity index (χ3v) is 2.64. The van der Waals surface area contributed by atoms with Crippen LogP contribution in [0.1, 0.15) is 5.56 Å². The Kier molecular flexibility index (Phi) is 3.81. The van der Waals surface area contributed by atoms with E-state index in [0.717, 1.165) is 10.0 Å². The highest BCUT2D eigenvalue weighted by Crippen LogP contribution is 2.16. The molecule has 88 valence electrons. The molecule has 2 N–H and O–H groups in total. The van der Waals surface area contributed by atoms with Crippen LogP contribution in [0.15, 0.2) is 34.8 Å². The zero-order valence-electron chi connectivity index (χ0n) is 8.73. The molecular weight excluding hydrogens is 305 g/mol. The number of rotatable bonds is 3. The molecule has 0 aliphatic heterocycles. The van der Waals surface area contributed by atoms with Gasteiger partial charge in [-0.3, -0.25) is 0 Å². The molecule has 1 heterocycles. The summed E-state index contributed by atoms with van der Waals surface area (Å²) in [6, 6.07) is 9.41. The molecule has 0 atom stereocenters. The van der Waals surface area contributed by atoms with Crippen molar-refractivity contribution in [1.29, 1.82) is 0 Å². The summed E-state index contributed by atoms with van der Waals surface area (Å²) in [5.41, 5.74) is 6.53. The van der Waals surface area contributed by atoms with Crippen LogP contribution in [0, 0.1) is 0 Å². The zero-order valence-corrected chi connectivity index (χ0v) is 11.1. The minimum absolute atomic E-state index is 0.176. The lowest BCUT2D eigenvalue weighted by Crippen LogP contribution is -2.01. The summed E-state index contributed by atoms with van der Waals surface area (Å²) in [5, 5.41) is 0.266. The van der Waals surface area contributed by atoms with E-state index in [1.165, 1.54) is 6.07 Å². The van der Waals surface area contributed by atoms with Crippen LogP contribution >= 0.6 is 27.5 Å². The van der Waals surface area contributed by atoms with E-state index in [1.807, 2.05) is 24.3 Å². The zero-order chi connectivity index (χ0) is 12.3. The molecule has 2 rings (SSSR count). The Morgan fingerprint density at radius 2 is 2.12 bits per heavy atom. The van der Waals surface area contributed by atoms with Crippen molar-refractivity contribution in [2.45, 2.75) is 6.61 Å². The minimum Gasteiger partial charge on any atom is -0.459 e. The fourth-order valence-corrected chi connectivity index (χ4v) is 1.88. The normalized spacial score (nSPS) is 10.2. The number of nitrogens with two attached hydrogens (primary N) is 1. The van der Waals surface area contributed by atoms with Gasteiger partial charge in [0.25, 0.3) is 0 Å². The molecule has 6 heteroatoms. The van der Waals surface area contributed by atoms with Gasteiger partial charge in [0.15, 0.2) is 0 Å². The average Bonchev–Trinajstić information content (AvgIpc) is 2.25. The van der Waals surface area contributed by atoms with Gasteiger partial charge in [-0.25, -0.2) is 0 Å². The van der Waals surface area contributed by atoms with Crippen LogP contribution in [0.25, 0.3) is 0 Å². The smallest absolute Gasteiger partial charge is 0.320 e. The van der Waals surface area contributed by atoms with Crippen molar-refractivity contribution >= 4 is 33.3 Å². The number of halogens is 2. The molecular formula is C11H9BrClN3O. The highest BCUT2D eigenvalue weighted by Gasteiger charge is 2.02. The Morgan fingerprint density at radius 3 is 2.82 bits per heavy atom. The van der Waals surface area contributed by atoms with Crippen molar-refractivity contribution in [1.82, 2.24) is 9.97 Å². The van der Waals surface area contributed by atoms with E-state index in [2.05, 4.69) is 25.9 Å². The van der Waals surface area contributed by atoms with Gasteiger partial charge in [-0.1, -0.05) is 39.7 Å². The molecule has 2 aromatic rings. The van der Waals surface area contributed by atoms with E-state index >= 15 is 0 Å². The molecule has 1 aromatic heterocycles. The fourth-order valence-electron chi connectivity index (χ4n) is 1.25. The van der Waals surface area contributed by atoms with Gasteiger partial charge < -0.3 is 10.5 Å². The van der Waals surface area contributed by atoms with Crippen molar-refractivity contribution in [2.75, 3.05) is 5.73 Å². The number of hydrogen-bond acceptors (Lipinski definition) is 4. The van der Waals surface area contributed by atoms with Gasteiger partial charge in [0.1, 0.15) is 17.6 Å². The Balaban J connectivity index is 2.07. The molecule has 0 aliphatic carbocycles. The molecule has 0 amide bonds. The van der Waals surface area contributed by atoms with E-state index in [9.17, 15) is 0 Å². The first-order chi connectivity index (χ1) is 8.13. The first kappa shape index (κ1) is 12.1. The number of nitrogen functional groups attached to an aromatic ring is 1. The third-order valence-electron chi connectivity index (χ3n) is 1.95. The summed E-state index contributed by atoms with van der Waals surface area (Å²) >= 11 is 9.12. The predicted molar refractivity (Wildman–Crippen MR) is 69.9 cm³/mol. The molecule has 0 saturated carbocycles. The van der Waals surface area contributed by atoms with E-state index in [1.54, 1.807) is 0 Å². The van der Waals surface area contributed by atoms with E-state index in [4.69, 9.17) is 22.1 Å². The van der Waals surface area contributed by atoms with Crippen LogP contribution in [-0.4, -0.2) is 9.97 Å². The predicted octanol–water partition coefficient (Wildman–Crippen LogP) is 3.05. The van der Waals surface area contributed by atoms with Gasteiger partial charge in [-0.05, 0) is 17.7 Å². The second-order valence-corrected chi connectivity index (χ2v) is 4.62. The van der Waals surface area contributed by atoms with E-state index in [-0.39, 0.29) is 17.0 Å². The van der Waals surface area contributed by atoms with Crippen molar-refractivity contribution in [2.24, 2.45) is 0 Å². The Hall–Kier alpha value is -1.33. The molecule has 0 fully saturated rings. The molecule has 0 unspecified atom stereocenters. The van der Waals surface area contributed by atoms with E-state index < -0.39 is 0 Å². The average molecular weight is 315 g/mol. The first-order valence-electron chi connectivity index (χ1n) is 4.81. The highest BCUT2D eigenvalue weighted by molar-refractivity contribution is 9.10. The summed E-state index contributed by atoms with van der Waals surface area (Å²) in [7, 11) is 0. The third kappa shape index (κ3) is 3.57. The van der Waals surface area contributed by atoms with Crippen molar-refractivity contribution < 1.29 is 4.74 Å². The summed E-state index contributed by atoms with van der Waals surface area (Å²) in [6.07, 6.45) is 0. The topological polar surface area (TPSA) is 61.0 Å². The Bertz CT molecular complexity index is 516. The molecule has 0 radical (unpaired) electrons. The molecule has 0 saturated heterocycles.